The van der Waals surface area contributed by atoms with Gasteiger partial charge in [-0.15, -0.1) is 0 Å². The lowest BCUT2D eigenvalue weighted by Gasteiger charge is -2.23. The maximum absolute atomic E-state index is 13.3. The van der Waals surface area contributed by atoms with Gasteiger partial charge in [0.25, 0.3) is 5.91 Å². The summed E-state index contributed by atoms with van der Waals surface area (Å²) >= 11 is 0. The van der Waals surface area contributed by atoms with E-state index in [1.807, 2.05) is 13.8 Å². The summed E-state index contributed by atoms with van der Waals surface area (Å²) in [5.41, 5.74) is 5.11. The Bertz CT molecular complexity index is 1090. The average molecular weight is 456 g/mol. The number of carbonyl (C=O) groups excluding carboxylic acids is 1. The predicted octanol–water partition coefficient (Wildman–Crippen LogP) is 3.74. The van der Waals surface area contributed by atoms with E-state index in [2.05, 4.69) is 28.4 Å². The second-order valence-electron chi connectivity index (χ2n) is 8.60. The highest BCUT2D eigenvalue weighted by Gasteiger charge is 2.26. The number of carbonyl (C=O) groups is 1. The fraction of sp³-hybridized carbons (Fsp3) is 0.480. The van der Waals surface area contributed by atoms with Crippen LogP contribution in [0.2, 0.25) is 0 Å². The molecular weight excluding hydrogens is 422 g/mol. The molecule has 2 aromatic carbocycles. The third kappa shape index (κ3) is 4.55. The predicted molar refractivity (Wildman–Crippen MR) is 128 cm³/mol. The number of nitrogens with one attached hydrogen (secondary N) is 1. The molecule has 1 amide bonds. The SMILES string of the molecule is CCN(CC)S(=O)(=O)c1ccc(N2CCCC2)c(C(=O)NCc2ccc3c(c2)CCC3)c1. The van der Waals surface area contributed by atoms with Gasteiger partial charge in [-0.2, -0.15) is 4.31 Å². The van der Waals surface area contributed by atoms with Crippen LogP contribution >= 0.6 is 0 Å². The topological polar surface area (TPSA) is 69.7 Å². The van der Waals surface area contributed by atoms with E-state index >= 15 is 0 Å². The summed E-state index contributed by atoms with van der Waals surface area (Å²) in [5.74, 6) is -0.232. The van der Waals surface area contributed by atoms with Crippen molar-refractivity contribution in [2.75, 3.05) is 31.1 Å². The quantitative estimate of drug-likeness (QED) is 0.658. The van der Waals surface area contributed by atoms with E-state index in [0.717, 1.165) is 50.0 Å². The maximum atomic E-state index is 13.3. The third-order valence-electron chi connectivity index (χ3n) is 6.62. The zero-order chi connectivity index (χ0) is 22.7. The smallest absolute Gasteiger partial charge is 0.253 e. The Morgan fingerprint density at radius 3 is 2.41 bits per heavy atom. The Morgan fingerprint density at radius 1 is 0.969 bits per heavy atom. The fourth-order valence-corrected chi connectivity index (χ4v) is 6.30. The molecule has 0 saturated carbocycles. The Balaban J connectivity index is 1.61. The van der Waals surface area contributed by atoms with Gasteiger partial charge in [0, 0.05) is 38.4 Å². The van der Waals surface area contributed by atoms with Crippen molar-refractivity contribution in [2.24, 2.45) is 0 Å². The standard InChI is InChI=1S/C25H33N3O3S/c1-3-28(4-2)32(30,31)22-12-13-24(27-14-5-6-15-27)23(17-22)25(29)26-18-19-10-11-20-8-7-9-21(20)16-19/h10-13,16-17H,3-9,14-15,18H2,1-2H3,(H,26,29). The van der Waals surface area contributed by atoms with Crippen molar-refractivity contribution in [1.29, 1.82) is 0 Å². The third-order valence-corrected chi connectivity index (χ3v) is 8.66. The molecule has 2 aromatic rings. The Kier molecular flexibility index (Phi) is 6.86. The first-order valence-electron chi connectivity index (χ1n) is 11.7. The summed E-state index contributed by atoms with van der Waals surface area (Å²) < 4.78 is 27.6. The van der Waals surface area contributed by atoms with E-state index in [4.69, 9.17) is 0 Å². The minimum absolute atomic E-state index is 0.173. The van der Waals surface area contributed by atoms with Crippen LogP contribution in [0.15, 0.2) is 41.3 Å². The molecule has 1 fully saturated rings. The lowest BCUT2D eigenvalue weighted by molar-refractivity contribution is 0.0951. The molecule has 0 atom stereocenters. The second kappa shape index (κ2) is 9.63. The number of aryl methyl sites for hydroxylation is 2. The van der Waals surface area contributed by atoms with Gasteiger partial charge in [0.1, 0.15) is 0 Å². The molecule has 0 radical (unpaired) electrons. The van der Waals surface area contributed by atoms with Crippen LogP contribution in [0.25, 0.3) is 0 Å². The number of hydrogen-bond acceptors (Lipinski definition) is 4. The highest BCUT2D eigenvalue weighted by Crippen LogP contribution is 2.29. The number of sulfonamides is 1. The summed E-state index contributed by atoms with van der Waals surface area (Å²) in [6.45, 7) is 6.63. The summed E-state index contributed by atoms with van der Waals surface area (Å²) in [6, 6.07) is 11.4. The van der Waals surface area contributed by atoms with Gasteiger partial charge >= 0.3 is 0 Å². The van der Waals surface area contributed by atoms with Crippen LogP contribution in [0.5, 0.6) is 0 Å². The van der Waals surface area contributed by atoms with Gasteiger partial charge in [-0.3, -0.25) is 4.79 Å². The molecule has 0 aromatic heterocycles. The zero-order valence-electron chi connectivity index (χ0n) is 19.1. The molecule has 6 nitrogen and oxygen atoms in total. The molecule has 172 valence electrons. The van der Waals surface area contributed by atoms with Gasteiger partial charge in [0.2, 0.25) is 10.0 Å². The van der Waals surface area contributed by atoms with Crippen LogP contribution in [0.3, 0.4) is 0 Å². The molecule has 7 heteroatoms. The molecule has 0 unspecified atom stereocenters. The first-order chi connectivity index (χ1) is 15.4. The molecule has 2 aliphatic rings. The Hall–Kier alpha value is -2.38. The van der Waals surface area contributed by atoms with Crippen molar-refractivity contribution in [1.82, 2.24) is 9.62 Å². The first kappa shape index (κ1) is 22.8. The van der Waals surface area contributed by atoms with Crippen LogP contribution in [0.4, 0.5) is 5.69 Å². The van der Waals surface area contributed by atoms with Gasteiger partial charge in [-0.25, -0.2) is 8.42 Å². The molecule has 1 aliphatic carbocycles. The van der Waals surface area contributed by atoms with Gasteiger partial charge < -0.3 is 10.2 Å². The number of rotatable bonds is 8. The van der Waals surface area contributed by atoms with Gasteiger partial charge in [0.05, 0.1) is 10.5 Å². The van der Waals surface area contributed by atoms with E-state index in [-0.39, 0.29) is 10.8 Å². The molecule has 1 heterocycles. The van der Waals surface area contributed by atoms with Crippen LogP contribution in [0.1, 0.15) is 60.2 Å². The van der Waals surface area contributed by atoms with Crippen LogP contribution in [0, 0.1) is 0 Å². The Labute approximate surface area is 191 Å². The summed E-state index contributed by atoms with van der Waals surface area (Å²) in [7, 11) is -3.64. The maximum Gasteiger partial charge on any atom is 0.253 e. The van der Waals surface area contributed by atoms with Gasteiger partial charge in [0.15, 0.2) is 0 Å². The van der Waals surface area contributed by atoms with Crippen molar-refractivity contribution in [3.05, 3.63) is 58.7 Å². The summed E-state index contributed by atoms with van der Waals surface area (Å²) in [4.78, 5) is 15.6. The Morgan fingerprint density at radius 2 is 1.69 bits per heavy atom. The van der Waals surface area contributed by atoms with E-state index < -0.39 is 10.0 Å². The van der Waals surface area contributed by atoms with E-state index in [1.54, 1.807) is 18.2 Å². The zero-order valence-corrected chi connectivity index (χ0v) is 19.9. The minimum atomic E-state index is -3.64. The van der Waals surface area contributed by atoms with Crippen LogP contribution in [-0.2, 0) is 29.4 Å². The largest absolute Gasteiger partial charge is 0.371 e. The number of amides is 1. The molecule has 1 saturated heterocycles. The van der Waals surface area contributed by atoms with E-state index in [1.165, 1.54) is 21.9 Å². The molecule has 1 aliphatic heterocycles. The highest BCUT2D eigenvalue weighted by molar-refractivity contribution is 7.89. The lowest BCUT2D eigenvalue weighted by Crippen LogP contribution is -2.32. The van der Waals surface area contributed by atoms with Crippen molar-refractivity contribution in [3.8, 4) is 0 Å². The molecule has 1 N–H and O–H groups in total. The summed E-state index contributed by atoms with van der Waals surface area (Å²) in [5, 5.41) is 3.03. The number of benzene rings is 2. The fourth-order valence-electron chi connectivity index (χ4n) is 4.82. The van der Waals surface area contributed by atoms with Gasteiger partial charge in [-0.05, 0) is 67.0 Å². The molecule has 0 bridgehead atoms. The first-order valence-corrected chi connectivity index (χ1v) is 13.2. The average Bonchev–Trinajstić information content (AvgIpc) is 3.49. The van der Waals surface area contributed by atoms with Crippen molar-refractivity contribution < 1.29 is 13.2 Å². The van der Waals surface area contributed by atoms with E-state index in [0.29, 0.717) is 25.2 Å². The normalized spacial score (nSPS) is 15.9. The molecular formula is C25H33N3O3S. The number of anilines is 1. The molecule has 32 heavy (non-hydrogen) atoms. The lowest BCUT2D eigenvalue weighted by atomic mass is 10.1. The molecule has 4 rings (SSSR count). The molecule has 0 spiro atoms. The van der Waals surface area contributed by atoms with E-state index in [9.17, 15) is 13.2 Å². The van der Waals surface area contributed by atoms with Crippen LogP contribution in [-0.4, -0.2) is 44.8 Å². The van der Waals surface area contributed by atoms with Crippen LogP contribution < -0.4 is 10.2 Å². The number of hydrogen-bond donors (Lipinski definition) is 1. The van der Waals surface area contributed by atoms with Gasteiger partial charge in [-0.1, -0.05) is 32.0 Å². The van der Waals surface area contributed by atoms with Crippen molar-refractivity contribution >= 4 is 21.6 Å². The second-order valence-corrected chi connectivity index (χ2v) is 10.5. The highest BCUT2D eigenvalue weighted by atomic mass is 32.2. The minimum Gasteiger partial charge on any atom is -0.371 e. The summed E-state index contributed by atoms with van der Waals surface area (Å²) in [6.07, 6.45) is 5.58. The monoisotopic (exact) mass is 455 g/mol. The van der Waals surface area contributed by atoms with Crippen molar-refractivity contribution in [3.63, 3.8) is 0 Å². The number of fused-ring (bicyclic) bond motifs is 1. The number of nitrogens with zero attached hydrogens (tertiary/aromatic N) is 2. The van der Waals surface area contributed by atoms with Crippen molar-refractivity contribution in [2.45, 2.75) is 57.4 Å².